The van der Waals surface area contributed by atoms with Gasteiger partial charge in [0.15, 0.2) is 0 Å². The van der Waals surface area contributed by atoms with Crippen molar-refractivity contribution in [2.45, 2.75) is 5.41 Å². The summed E-state index contributed by atoms with van der Waals surface area (Å²) in [6.07, 6.45) is 0. The fraction of sp³-hybridized carbons (Fsp3) is 0.0137. The smallest absolute Gasteiger partial charge is 0.135 e. The zero-order valence-corrected chi connectivity index (χ0v) is 40.8. The Balaban J connectivity index is 1.00. The van der Waals surface area contributed by atoms with Crippen molar-refractivity contribution in [1.82, 2.24) is 0 Å². The van der Waals surface area contributed by atoms with Gasteiger partial charge < -0.3 is 9.32 Å². The summed E-state index contributed by atoms with van der Waals surface area (Å²) in [7, 11) is 0. The third kappa shape index (κ3) is 6.08. The van der Waals surface area contributed by atoms with Gasteiger partial charge in [0.2, 0.25) is 0 Å². The minimum absolute atomic E-state index is 0.547. The zero-order chi connectivity index (χ0) is 49.2. The molecule has 0 amide bonds. The number of furan rings is 1. The predicted octanol–water partition coefficient (Wildman–Crippen LogP) is 19.9. The van der Waals surface area contributed by atoms with Crippen LogP contribution in [0, 0.1) is 0 Å². The van der Waals surface area contributed by atoms with Gasteiger partial charge in [-0.05, 0) is 165 Å². The van der Waals surface area contributed by atoms with Gasteiger partial charge in [0, 0.05) is 27.7 Å². The quantitative estimate of drug-likeness (QED) is 0.154. The number of nitrogens with zero attached hydrogens (tertiary/aromatic N) is 1. The van der Waals surface area contributed by atoms with E-state index >= 15 is 0 Å². The highest BCUT2D eigenvalue weighted by Gasteiger charge is 2.52. The minimum atomic E-state index is -0.547. The second-order valence-corrected chi connectivity index (χ2v) is 20.3. The van der Waals surface area contributed by atoms with Crippen LogP contribution in [0.25, 0.3) is 110 Å². The van der Waals surface area contributed by atoms with Crippen molar-refractivity contribution in [2.24, 2.45) is 0 Å². The van der Waals surface area contributed by atoms with Crippen molar-refractivity contribution < 1.29 is 4.42 Å². The van der Waals surface area contributed by atoms with E-state index in [0.29, 0.717) is 0 Å². The first-order chi connectivity index (χ1) is 37.2. The van der Waals surface area contributed by atoms with Crippen LogP contribution in [0.2, 0.25) is 0 Å². The molecule has 0 saturated heterocycles. The van der Waals surface area contributed by atoms with Gasteiger partial charge in [0.25, 0.3) is 0 Å². The monoisotopic (exact) mass is 951 g/mol. The number of hydrogen-bond donors (Lipinski definition) is 0. The molecule has 16 rings (SSSR count). The fourth-order valence-electron chi connectivity index (χ4n) is 13.2. The molecule has 0 bridgehead atoms. The standard InChI is InChI=1S/C73H45NO/c1-2-17-46(18-3-1)48-19-16-20-49(41-48)47-33-36-51(37-34-47)74(52-38-39-57-55-23-5-4-21-53(55)54-22-6-7-24-56(54)63(57)43-52)70-45-69-64(44-62(70)50-35-40-72-65(42-50)61-28-11-15-32-71(61)75-72)60-27-10-14-31-68(60)73(69)66-29-12-8-25-58(66)59-26-9-13-30-67(59)73/h1-45H. The number of para-hydroxylation sites is 1. The lowest BCUT2D eigenvalue weighted by atomic mass is 9.70. The van der Waals surface area contributed by atoms with Crippen LogP contribution in [0.1, 0.15) is 22.3 Å². The first-order valence-electron chi connectivity index (χ1n) is 26.0. The Morgan fingerprint density at radius 2 is 0.720 bits per heavy atom. The van der Waals surface area contributed by atoms with E-state index in [1.165, 1.54) is 93.5 Å². The van der Waals surface area contributed by atoms with Crippen molar-refractivity contribution in [3.05, 3.63) is 295 Å². The van der Waals surface area contributed by atoms with Gasteiger partial charge in [-0.3, -0.25) is 0 Å². The second kappa shape index (κ2) is 16.1. The summed E-state index contributed by atoms with van der Waals surface area (Å²) in [4.78, 5) is 2.53. The molecule has 0 fully saturated rings. The summed E-state index contributed by atoms with van der Waals surface area (Å²) in [5.41, 5.74) is 21.8. The average Bonchev–Trinajstić information content (AvgIpc) is 4.15. The third-order valence-corrected chi connectivity index (χ3v) is 16.5. The van der Waals surface area contributed by atoms with Crippen LogP contribution in [-0.4, -0.2) is 0 Å². The molecule has 1 spiro atoms. The Labute approximate surface area is 434 Å². The molecule has 2 nitrogen and oxygen atoms in total. The molecule has 75 heavy (non-hydrogen) atoms. The van der Waals surface area contributed by atoms with Gasteiger partial charge in [-0.25, -0.2) is 0 Å². The normalized spacial score (nSPS) is 12.9. The molecule has 1 aromatic heterocycles. The largest absolute Gasteiger partial charge is 0.456 e. The van der Waals surface area contributed by atoms with E-state index in [-0.39, 0.29) is 0 Å². The summed E-state index contributed by atoms with van der Waals surface area (Å²) < 4.78 is 6.49. The summed E-state index contributed by atoms with van der Waals surface area (Å²) in [5.74, 6) is 0. The number of rotatable bonds is 6. The van der Waals surface area contributed by atoms with Crippen molar-refractivity contribution in [3.8, 4) is 55.6 Å². The van der Waals surface area contributed by atoms with Crippen molar-refractivity contribution in [2.75, 3.05) is 4.90 Å². The third-order valence-electron chi connectivity index (χ3n) is 16.5. The minimum Gasteiger partial charge on any atom is -0.456 e. The molecular formula is C73H45NO. The van der Waals surface area contributed by atoms with E-state index < -0.39 is 5.41 Å². The predicted molar refractivity (Wildman–Crippen MR) is 314 cm³/mol. The van der Waals surface area contributed by atoms with Crippen molar-refractivity contribution in [3.63, 3.8) is 0 Å². The van der Waals surface area contributed by atoms with Crippen LogP contribution in [0.3, 0.4) is 0 Å². The van der Waals surface area contributed by atoms with E-state index in [1.54, 1.807) is 0 Å². The summed E-state index contributed by atoms with van der Waals surface area (Å²) in [6.45, 7) is 0. The number of hydrogen-bond acceptors (Lipinski definition) is 2. The van der Waals surface area contributed by atoms with Crippen molar-refractivity contribution >= 4 is 71.3 Å². The van der Waals surface area contributed by atoms with Gasteiger partial charge in [-0.15, -0.1) is 0 Å². The van der Waals surface area contributed by atoms with Gasteiger partial charge in [-0.1, -0.05) is 212 Å². The van der Waals surface area contributed by atoms with E-state index in [4.69, 9.17) is 4.42 Å². The van der Waals surface area contributed by atoms with Gasteiger partial charge in [0.1, 0.15) is 11.2 Å². The summed E-state index contributed by atoms with van der Waals surface area (Å²) >= 11 is 0. The van der Waals surface area contributed by atoms with E-state index in [0.717, 1.165) is 55.7 Å². The SMILES string of the molecule is c1ccc(-c2cccc(-c3ccc(N(c4ccc5c6ccccc6c6ccccc6c5c4)c4cc5c(cc4-c4ccc6oc7ccccc7c6c4)-c4ccccc4C54c5ccccc5-c5ccccc54)cc3)c2)cc1. The number of benzene rings is 13. The molecule has 14 aromatic rings. The molecule has 348 valence electrons. The lowest BCUT2D eigenvalue weighted by Crippen LogP contribution is -2.26. The summed E-state index contributed by atoms with van der Waals surface area (Å²) in [6, 6.07) is 101. The molecular weight excluding hydrogens is 907 g/mol. The molecule has 0 saturated carbocycles. The first kappa shape index (κ1) is 41.8. The zero-order valence-electron chi connectivity index (χ0n) is 40.8. The Kier molecular flexibility index (Phi) is 8.99. The van der Waals surface area contributed by atoms with E-state index in [9.17, 15) is 0 Å². The molecule has 0 aliphatic heterocycles. The van der Waals surface area contributed by atoms with Crippen LogP contribution in [0.4, 0.5) is 17.1 Å². The maximum absolute atomic E-state index is 6.49. The highest BCUT2D eigenvalue weighted by molar-refractivity contribution is 6.26. The maximum Gasteiger partial charge on any atom is 0.135 e. The van der Waals surface area contributed by atoms with Crippen LogP contribution in [0.5, 0.6) is 0 Å². The fourth-order valence-corrected chi connectivity index (χ4v) is 13.2. The molecule has 2 aliphatic rings. The van der Waals surface area contributed by atoms with E-state index in [1.807, 2.05) is 0 Å². The summed E-state index contributed by atoms with van der Waals surface area (Å²) in [5, 5.41) is 9.68. The maximum atomic E-state index is 6.49. The van der Waals surface area contributed by atoms with Gasteiger partial charge in [0.05, 0.1) is 11.1 Å². The van der Waals surface area contributed by atoms with E-state index in [2.05, 4.69) is 278 Å². The second-order valence-electron chi connectivity index (χ2n) is 20.3. The topological polar surface area (TPSA) is 16.4 Å². The Bertz CT molecular complexity index is 4580. The van der Waals surface area contributed by atoms with Crippen molar-refractivity contribution in [1.29, 1.82) is 0 Å². The number of fused-ring (bicyclic) bond motifs is 19. The molecule has 0 unspecified atom stereocenters. The lowest BCUT2D eigenvalue weighted by Gasteiger charge is -2.33. The molecule has 0 atom stereocenters. The first-order valence-corrected chi connectivity index (χ1v) is 26.0. The Hall–Kier alpha value is -9.76. The van der Waals surface area contributed by atoms with Crippen LogP contribution < -0.4 is 4.90 Å². The molecule has 2 aliphatic carbocycles. The van der Waals surface area contributed by atoms with Gasteiger partial charge in [-0.2, -0.15) is 0 Å². The molecule has 13 aromatic carbocycles. The highest BCUT2D eigenvalue weighted by atomic mass is 16.3. The van der Waals surface area contributed by atoms with Gasteiger partial charge >= 0.3 is 0 Å². The van der Waals surface area contributed by atoms with Crippen LogP contribution in [-0.2, 0) is 5.41 Å². The molecule has 2 heteroatoms. The molecule has 1 heterocycles. The Morgan fingerprint density at radius 3 is 1.37 bits per heavy atom. The molecule has 0 N–H and O–H groups in total. The highest BCUT2D eigenvalue weighted by Crippen LogP contribution is 2.64. The number of anilines is 3. The Morgan fingerprint density at radius 1 is 0.240 bits per heavy atom. The average molecular weight is 952 g/mol. The van der Waals surface area contributed by atoms with Crippen LogP contribution >= 0.6 is 0 Å². The molecule has 0 radical (unpaired) electrons. The van der Waals surface area contributed by atoms with Crippen LogP contribution in [0.15, 0.2) is 277 Å². The lowest BCUT2D eigenvalue weighted by molar-refractivity contribution is 0.669.